The number of carbonyl (C=O) groups is 1. The maximum Gasteiger partial charge on any atom is 0.255 e. The number of benzene rings is 2. The maximum atomic E-state index is 12.3. The van der Waals surface area contributed by atoms with Crippen LogP contribution in [-0.4, -0.2) is 13.0 Å². The Hall–Kier alpha value is -3.73. The van der Waals surface area contributed by atoms with E-state index in [0.717, 1.165) is 44.4 Å². The molecule has 1 heterocycles. The lowest BCUT2D eigenvalue weighted by atomic mass is 10.1. The van der Waals surface area contributed by atoms with Gasteiger partial charge in [-0.05, 0) is 48.6 Å². The van der Waals surface area contributed by atoms with Crippen molar-refractivity contribution < 1.29 is 9.53 Å². The molecule has 130 valence electrons. The minimum Gasteiger partial charge on any atom is -0.497 e. The molecule has 5 nitrogen and oxygen atoms in total. The van der Waals surface area contributed by atoms with Gasteiger partial charge in [-0.15, -0.1) is 10.2 Å². The van der Waals surface area contributed by atoms with Crippen molar-refractivity contribution in [2.24, 2.45) is 10.2 Å². The van der Waals surface area contributed by atoms with Gasteiger partial charge in [0.05, 0.1) is 7.11 Å². The van der Waals surface area contributed by atoms with Gasteiger partial charge < -0.3 is 10.1 Å². The molecule has 0 saturated heterocycles. The molecule has 0 atom stereocenters. The summed E-state index contributed by atoms with van der Waals surface area (Å²) in [6.07, 6.45) is 7.49. The van der Waals surface area contributed by atoms with E-state index in [4.69, 9.17) is 4.74 Å². The summed E-state index contributed by atoms with van der Waals surface area (Å²) in [7, 11) is 1.64. The van der Waals surface area contributed by atoms with E-state index in [2.05, 4.69) is 15.5 Å². The van der Waals surface area contributed by atoms with Crippen LogP contribution in [0.25, 0.3) is 17.5 Å². The summed E-state index contributed by atoms with van der Waals surface area (Å²) in [4.78, 5) is 12.3. The molecule has 5 rings (SSSR count). The molecular weight excluding hydrogens is 338 g/mol. The average Bonchev–Trinajstić information content (AvgIpc) is 3.20. The third-order valence-corrected chi connectivity index (χ3v) is 4.84. The SMILES string of the molecule is COc1ccc(C2=C3C=c4c(NC(=O)C5=CC=C5)cccc4=C3N=N2)cc1. The summed E-state index contributed by atoms with van der Waals surface area (Å²) in [6.45, 7) is 0. The van der Waals surface area contributed by atoms with Gasteiger partial charge >= 0.3 is 0 Å². The van der Waals surface area contributed by atoms with Gasteiger partial charge in [-0.25, -0.2) is 0 Å². The zero-order valence-electron chi connectivity index (χ0n) is 14.6. The number of fused-ring (bicyclic) bond motifs is 2. The zero-order valence-corrected chi connectivity index (χ0v) is 14.6. The van der Waals surface area contributed by atoms with Crippen LogP contribution < -0.4 is 20.5 Å². The first-order chi connectivity index (χ1) is 13.2. The Morgan fingerprint density at radius 1 is 1.04 bits per heavy atom. The quantitative estimate of drug-likeness (QED) is 0.919. The normalized spacial score (nSPS) is 15.7. The summed E-state index contributed by atoms with van der Waals surface area (Å²) in [5, 5.41) is 13.7. The first-order valence-electron chi connectivity index (χ1n) is 8.60. The van der Waals surface area contributed by atoms with Gasteiger partial charge in [0.2, 0.25) is 0 Å². The summed E-state index contributed by atoms with van der Waals surface area (Å²) < 4.78 is 5.22. The minimum absolute atomic E-state index is 0.104. The van der Waals surface area contributed by atoms with E-state index in [1.54, 1.807) is 19.3 Å². The minimum atomic E-state index is -0.104. The Labute approximate surface area is 155 Å². The molecular formula is C22H15N3O2. The lowest BCUT2D eigenvalue weighted by Crippen LogP contribution is -2.28. The third kappa shape index (κ3) is 2.44. The maximum absolute atomic E-state index is 12.3. The first-order valence-corrected chi connectivity index (χ1v) is 8.60. The molecule has 0 radical (unpaired) electrons. The number of hydrogen-bond donors (Lipinski definition) is 1. The smallest absolute Gasteiger partial charge is 0.255 e. The van der Waals surface area contributed by atoms with E-state index in [9.17, 15) is 4.79 Å². The monoisotopic (exact) mass is 353 g/mol. The van der Waals surface area contributed by atoms with Crippen LogP contribution in [0.5, 0.6) is 5.75 Å². The highest BCUT2D eigenvalue weighted by molar-refractivity contribution is 6.08. The number of hydrogen-bond acceptors (Lipinski definition) is 4. The number of ether oxygens (including phenoxy) is 1. The van der Waals surface area contributed by atoms with Gasteiger partial charge in [0.1, 0.15) is 17.1 Å². The Bertz CT molecular complexity index is 1230. The number of anilines is 1. The van der Waals surface area contributed by atoms with Crippen LogP contribution in [0.2, 0.25) is 0 Å². The fourth-order valence-electron chi connectivity index (χ4n) is 3.34. The van der Waals surface area contributed by atoms with Crippen LogP contribution in [0.4, 0.5) is 5.69 Å². The largest absolute Gasteiger partial charge is 0.497 e. The third-order valence-electron chi connectivity index (χ3n) is 4.84. The molecule has 0 aromatic heterocycles. The predicted molar refractivity (Wildman–Crippen MR) is 104 cm³/mol. The van der Waals surface area contributed by atoms with Crippen LogP contribution in [0.1, 0.15) is 5.56 Å². The van der Waals surface area contributed by atoms with Gasteiger partial charge in [-0.3, -0.25) is 4.79 Å². The highest BCUT2D eigenvalue weighted by atomic mass is 16.5. The summed E-state index contributed by atoms with van der Waals surface area (Å²) in [5.41, 5.74) is 5.07. The molecule has 2 aliphatic carbocycles. The van der Waals surface area contributed by atoms with Gasteiger partial charge in [0.25, 0.3) is 5.91 Å². The number of nitrogens with zero attached hydrogens (tertiary/aromatic N) is 2. The molecule has 0 fully saturated rings. The van der Waals surface area contributed by atoms with Crippen LogP contribution >= 0.6 is 0 Å². The summed E-state index contributed by atoms with van der Waals surface area (Å²) >= 11 is 0. The van der Waals surface area contributed by atoms with Crippen LogP contribution in [0, 0.1) is 0 Å². The Kier molecular flexibility index (Phi) is 3.40. The lowest BCUT2D eigenvalue weighted by Gasteiger charge is -2.09. The van der Waals surface area contributed by atoms with Crippen molar-refractivity contribution in [1.29, 1.82) is 0 Å². The molecule has 0 saturated carbocycles. The molecule has 1 N–H and O–H groups in total. The van der Waals surface area contributed by atoms with E-state index in [-0.39, 0.29) is 5.91 Å². The van der Waals surface area contributed by atoms with Crippen molar-refractivity contribution in [2.75, 3.05) is 12.4 Å². The van der Waals surface area contributed by atoms with Gasteiger partial charge in [-0.1, -0.05) is 18.2 Å². The van der Waals surface area contributed by atoms with Crippen molar-refractivity contribution in [3.8, 4) is 5.75 Å². The van der Waals surface area contributed by atoms with Crippen LogP contribution in [-0.2, 0) is 4.79 Å². The number of allylic oxidation sites excluding steroid dienone is 2. The number of methoxy groups -OCH3 is 1. The van der Waals surface area contributed by atoms with E-state index in [1.165, 1.54) is 0 Å². The fourth-order valence-corrected chi connectivity index (χ4v) is 3.34. The van der Waals surface area contributed by atoms with E-state index in [1.807, 2.05) is 54.6 Å². The average molecular weight is 353 g/mol. The fraction of sp³-hybridized carbons (Fsp3) is 0.0455. The van der Waals surface area contributed by atoms with Gasteiger partial charge in [0, 0.05) is 32.8 Å². The van der Waals surface area contributed by atoms with E-state index < -0.39 is 0 Å². The van der Waals surface area contributed by atoms with Gasteiger partial charge in [0.15, 0.2) is 0 Å². The number of rotatable bonds is 4. The lowest BCUT2D eigenvalue weighted by molar-refractivity contribution is -0.112. The summed E-state index contributed by atoms with van der Waals surface area (Å²) in [5.74, 6) is 0.693. The van der Waals surface area contributed by atoms with Crippen LogP contribution in [0.3, 0.4) is 0 Å². The highest BCUT2D eigenvalue weighted by Gasteiger charge is 2.23. The summed E-state index contributed by atoms with van der Waals surface area (Å²) in [6, 6.07) is 13.6. The topological polar surface area (TPSA) is 63.0 Å². The molecule has 2 aromatic carbocycles. The van der Waals surface area contributed by atoms with Crippen molar-refractivity contribution in [3.05, 3.63) is 87.8 Å². The predicted octanol–water partition coefficient (Wildman–Crippen LogP) is 2.91. The molecule has 1 amide bonds. The van der Waals surface area contributed by atoms with Crippen molar-refractivity contribution in [1.82, 2.24) is 0 Å². The number of amides is 1. The van der Waals surface area contributed by atoms with E-state index >= 15 is 0 Å². The molecule has 3 aliphatic rings. The van der Waals surface area contributed by atoms with Crippen molar-refractivity contribution >= 4 is 29.1 Å². The van der Waals surface area contributed by atoms with E-state index in [0.29, 0.717) is 5.57 Å². The Balaban J connectivity index is 1.59. The second-order valence-corrected chi connectivity index (χ2v) is 6.39. The molecule has 0 bridgehead atoms. The molecule has 0 unspecified atom stereocenters. The first kappa shape index (κ1) is 15.5. The number of nitrogens with one attached hydrogen (secondary N) is 1. The van der Waals surface area contributed by atoms with Crippen molar-refractivity contribution in [2.45, 2.75) is 0 Å². The zero-order chi connectivity index (χ0) is 18.4. The Morgan fingerprint density at radius 2 is 1.81 bits per heavy atom. The van der Waals surface area contributed by atoms with Gasteiger partial charge in [-0.2, -0.15) is 0 Å². The second kappa shape index (κ2) is 5.92. The highest BCUT2D eigenvalue weighted by Crippen LogP contribution is 2.35. The molecule has 0 spiro atoms. The Morgan fingerprint density at radius 3 is 2.52 bits per heavy atom. The standard InChI is InChI=1S/C22H15N3O2/c1-27-15-10-8-13(9-11-15)20-18-12-17-16(21(18)25-24-20)6-3-7-19(17)23-22(26)14-4-2-5-14/h2-12H,1H3,(H,23,26). The number of carbonyl (C=O) groups excluding carboxylic acids is 1. The second-order valence-electron chi connectivity index (χ2n) is 6.39. The molecule has 2 aromatic rings. The van der Waals surface area contributed by atoms with Crippen LogP contribution in [0.15, 0.2) is 82.1 Å². The molecule has 5 heteroatoms. The number of azo groups is 1. The van der Waals surface area contributed by atoms with Crippen molar-refractivity contribution in [3.63, 3.8) is 0 Å². The molecule has 1 aliphatic heterocycles. The molecule has 27 heavy (non-hydrogen) atoms.